The Morgan fingerprint density at radius 2 is 2.03 bits per heavy atom. The molecule has 1 aromatic carbocycles. The number of benzene rings is 1. The lowest BCUT2D eigenvalue weighted by molar-refractivity contribution is -0.126. The number of hydrogen-bond donors (Lipinski definition) is 2. The quantitative estimate of drug-likeness (QED) is 0.702. The summed E-state index contributed by atoms with van der Waals surface area (Å²) in [6, 6.07) is 15.3. The van der Waals surface area contributed by atoms with Crippen LogP contribution in [0.4, 0.5) is 0 Å². The molecule has 2 amide bonds. The van der Waals surface area contributed by atoms with E-state index in [4.69, 9.17) is 0 Å². The Hall–Kier alpha value is -3.48. The number of carbonyl (C=O) groups is 2. The van der Waals surface area contributed by atoms with E-state index in [0.29, 0.717) is 31.0 Å². The van der Waals surface area contributed by atoms with Gasteiger partial charge < -0.3 is 10.2 Å². The van der Waals surface area contributed by atoms with Crippen molar-refractivity contribution in [3.05, 3.63) is 72.2 Å². The summed E-state index contributed by atoms with van der Waals surface area (Å²) in [6.45, 7) is 1.56. The minimum atomic E-state index is -0.197. The Bertz CT molecular complexity index is 971. The lowest BCUT2D eigenvalue weighted by Gasteiger charge is -2.31. The van der Waals surface area contributed by atoms with Gasteiger partial charge in [-0.05, 0) is 36.6 Å². The molecule has 29 heavy (non-hydrogen) atoms. The highest BCUT2D eigenvalue weighted by Crippen LogP contribution is 2.21. The predicted octanol–water partition coefficient (Wildman–Crippen LogP) is 2.64. The zero-order valence-electron chi connectivity index (χ0n) is 16.0. The highest BCUT2D eigenvalue weighted by atomic mass is 16.2. The van der Waals surface area contributed by atoms with Crippen molar-refractivity contribution in [2.45, 2.75) is 19.4 Å². The van der Waals surface area contributed by atoms with Gasteiger partial charge in [0.15, 0.2) is 0 Å². The molecule has 3 heterocycles. The second kappa shape index (κ2) is 8.68. The maximum Gasteiger partial charge on any atom is 0.271 e. The third kappa shape index (κ3) is 4.51. The average molecular weight is 389 g/mol. The topological polar surface area (TPSA) is 91.0 Å². The Morgan fingerprint density at radius 1 is 1.17 bits per heavy atom. The maximum absolute atomic E-state index is 12.9. The molecule has 0 unspecified atom stereocenters. The standard InChI is InChI=1S/C22H23N5O2/c28-21(24-13-16-6-2-1-3-7-16)18-9-5-11-27(15-18)22(29)20-12-19(25-26-20)17-8-4-10-23-14-17/h1-4,6-8,10,12,14,18H,5,9,11,13,15H2,(H,24,28)(H,25,26)/t18-/m1/s1. The zero-order valence-corrected chi connectivity index (χ0v) is 16.0. The van der Waals surface area contributed by atoms with Crippen molar-refractivity contribution in [1.29, 1.82) is 0 Å². The number of amides is 2. The summed E-state index contributed by atoms with van der Waals surface area (Å²) in [5, 5.41) is 10.0. The van der Waals surface area contributed by atoms with Crippen molar-refractivity contribution < 1.29 is 9.59 Å². The van der Waals surface area contributed by atoms with Gasteiger partial charge in [0.1, 0.15) is 5.69 Å². The van der Waals surface area contributed by atoms with Crippen LogP contribution in [0.15, 0.2) is 60.9 Å². The van der Waals surface area contributed by atoms with Gasteiger partial charge in [-0.25, -0.2) is 0 Å². The van der Waals surface area contributed by atoms with E-state index in [1.165, 1.54) is 0 Å². The number of rotatable bonds is 5. The Labute approximate surface area is 169 Å². The second-order valence-electron chi connectivity index (χ2n) is 7.20. The molecule has 1 fully saturated rings. The van der Waals surface area contributed by atoms with Crippen LogP contribution in [-0.4, -0.2) is 45.0 Å². The van der Waals surface area contributed by atoms with E-state index in [-0.39, 0.29) is 17.7 Å². The van der Waals surface area contributed by atoms with Crippen molar-refractivity contribution in [2.24, 2.45) is 5.92 Å². The first-order valence-corrected chi connectivity index (χ1v) is 9.77. The summed E-state index contributed by atoms with van der Waals surface area (Å²) < 4.78 is 0. The molecule has 1 saturated heterocycles. The number of H-pyrrole nitrogens is 1. The first kappa shape index (κ1) is 18.9. The van der Waals surface area contributed by atoms with Gasteiger partial charge >= 0.3 is 0 Å². The van der Waals surface area contributed by atoms with Crippen molar-refractivity contribution in [3.8, 4) is 11.3 Å². The Kier molecular flexibility index (Phi) is 5.65. The van der Waals surface area contributed by atoms with E-state index in [1.807, 2.05) is 42.5 Å². The van der Waals surface area contributed by atoms with Crippen molar-refractivity contribution >= 4 is 11.8 Å². The van der Waals surface area contributed by atoms with Crippen LogP contribution in [0.3, 0.4) is 0 Å². The van der Waals surface area contributed by atoms with Crippen LogP contribution in [-0.2, 0) is 11.3 Å². The molecule has 0 spiro atoms. The van der Waals surface area contributed by atoms with Gasteiger partial charge in [-0.15, -0.1) is 0 Å². The third-order valence-electron chi connectivity index (χ3n) is 5.15. The van der Waals surface area contributed by atoms with Gasteiger partial charge in [-0.1, -0.05) is 30.3 Å². The van der Waals surface area contributed by atoms with E-state index in [0.717, 1.165) is 24.0 Å². The molecular formula is C22H23N5O2. The summed E-state index contributed by atoms with van der Waals surface area (Å²) in [7, 11) is 0. The third-order valence-corrected chi connectivity index (χ3v) is 5.15. The summed E-state index contributed by atoms with van der Waals surface area (Å²) in [4.78, 5) is 31.3. The number of nitrogens with zero attached hydrogens (tertiary/aromatic N) is 3. The maximum atomic E-state index is 12.9. The van der Waals surface area contributed by atoms with Crippen LogP contribution in [0.5, 0.6) is 0 Å². The van der Waals surface area contributed by atoms with Crippen LogP contribution in [0, 0.1) is 5.92 Å². The SMILES string of the molecule is O=C(NCc1ccccc1)[C@@H]1CCCN(C(=O)c2cc(-c3cccnc3)n[nH]2)C1. The number of hydrogen-bond acceptors (Lipinski definition) is 4. The van der Waals surface area contributed by atoms with Crippen LogP contribution < -0.4 is 5.32 Å². The first-order chi connectivity index (χ1) is 14.2. The van der Waals surface area contributed by atoms with E-state index < -0.39 is 0 Å². The molecule has 0 saturated carbocycles. The predicted molar refractivity (Wildman–Crippen MR) is 109 cm³/mol. The first-order valence-electron chi connectivity index (χ1n) is 9.77. The lowest BCUT2D eigenvalue weighted by Crippen LogP contribution is -2.45. The number of aromatic amines is 1. The molecule has 148 valence electrons. The zero-order chi connectivity index (χ0) is 20.1. The monoisotopic (exact) mass is 389 g/mol. The van der Waals surface area contributed by atoms with Crippen LogP contribution in [0.25, 0.3) is 11.3 Å². The highest BCUT2D eigenvalue weighted by molar-refractivity contribution is 5.94. The van der Waals surface area contributed by atoms with Gasteiger partial charge in [-0.2, -0.15) is 5.10 Å². The molecule has 1 atom stereocenters. The molecule has 7 nitrogen and oxygen atoms in total. The molecule has 7 heteroatoms. The highest BCUT2D eigenvalue weighted by Gasteiger charge is 2.29. The van der Waals surface area contributed by atoms with E-state index in [1.54, 1.807) is 23.4 Å². The summed E-state index contributed by atoms with van der Waals surface area (Å²) in [5.74, 6) is -0.336. The molecule has 0 bridgehead atoms. The molecule has 1 aliphatic heterocycles. The minimum absolute atomic E-state index is 0.00740. The smallest absolute Gasteiger partial charge is 0.271 e. The molecule has 2 N–H and O–H groups in total. The van der Waals surface area contributed by atoms with Crippen molar-refractivity contribution in [2.75, 3.05) is 13.1 Å². The second-order valence-corrected chi connectivity index (χ2v) is 7.20. The van der Waals surface area contributed by atoms with Gasteiger partial charge in [0.2, 0.25) is 5.91 Å². The normalized spacial score (nSPS) is 16.4. The number of pyridine rings is 1. The van der Waals surface area contributed by atoms with Gasteiger partial charge in [0.25, 0.3) is 5.91 Å². The molecular weight excluding hydrogens is 366 g/mol. The van der Waals surface area contributed by atoms with E-state index in [9.17, 15) is 9.59 Å². The van der Waals surface area contributed by atoms with Gasteiger partial charge in [0.05, 0.1) is 11.6 Å². The summed E-state index contributed by atoms with van der Waals surface area (Å²) in [5.41, 5.74) is 3.01. The Balaban J connectivity index is 1.37. The molecule has 0 radical (unpaired) electrons. The fourth-order valence-electron chi connectivity index (χ4n) is 3.57. The number of nitrogens with one attached hydrogen (secondary N) is 2. The van der Waals surface area contributed by atoms with E-state index in [2.05, 4.69) is 20.5 Å². The summed E-state index contributed by atoms with van der Waals surface area (Å²) >= 11 is 0. The van der Waals surface area contributed by atoms with Crippen LogP contribution in [0.1, 0.15) is 28.9 Å². The average Bonchev–Trinajstić information content (AvgIpc) is 3.29. The number of carbonyl (C=O) groups excluding carboxylic acids is 2. The molecule has 0 aliphatic carbocycles. The molecule has 3 aromatic rings. The fourth-order valence-corrected chi connectivity index (χ4v) is 3.57. The molecule has 2 aromatic heterocycles. The van der Waals surface area contributed by atoms with E-state index >= 15 is 0 Å². The number of piperidine rings is 1. The van der Waals surface area contributed by atoms with Crippen molar-refractivity contribution in [1.82, 2.24) is 25.4 Å². The largest absolute Gasteiger partial charge is 0.352 e. The lowest BCUT2D eigenvalue weighted by atomic mass is 9.96. The summed E-state index contributed by atoms with van der Waals surface area (Å²) in [6.07, 6.45) is 4.99. The minimum Gasteiger partial charge on any atom is -0.352 e. The van der Waals surface area contributed by atoms with Crippen LogP contribution >= 0.6 is 0 Å². The Morgan fingerprint density at radius 3 is 2.83 bits per heavy atom. The number of aromatic nitrogens is 3. The van der Waals surface area contributed by atoms with Gasteiger partial charge in [0, 0.05) is 37.6 Å². The number of likely N-dealkylation sites (tertiary alicyclic amines) is 1. The fraction of sp³-hybridized carbons (Fsp3) is 0.273. The molecule has 1 aliphatic rings. The van der Waals surface area contributed by atoms with Crippen LogP contribution in [0.2, 0.25) is 0 Å². The van der Waals surface area contributed by atoms with Gasteiger partial charge in [-0.3, -0.25) is 19.7 Å². The molecule has 4 rings (SSSR count). The van der Waals surface area contributed by atoms with Crippen molar-refractivity contribution in [3.63, 3.8) is 0 Å².